The second-order valence-electron chi connectivity index (χ2n) is 1.16. The molecule has 4 nitrogen and oxygen atoms in total. The zero-order valence-corrected chi connectivity index (χ0v) is 8.26. The first-order chi connectivity index (χ1) is 3.95. The Bertz CT molecular complexity index is 122. The normalized spacial score (nSPS) is 15.6. The zero-order chi connectivity index (χ0) is 7.49. The topological polar surface area (TPSA) is 66.8 Å². The minimum absolute atomic E-state index is 0.331. The van der Waals surface area contributed by atoms with Crippen molar-refractivity contribution in [2.45, 2.75) is 5.01 Å². The smallest absolute Gasteiger partial charge is 0.303 e. The van der Waals surface area contributed by atoms with E-state index < -0.39 is 12.8 Å². The van der Waals surface area contributed by atoms with Gasteiger partial charge in [-0.15, -0.1) is 0 Å². The number of hydrogen-bond acceptors (Lipinski definition) is 2. The van der Waals surface area contributed by atoms with E-state index in [4.69, 9.17) is 9.79 Å². The van der Waals surface area contributed by atoms with Gasteiger partial charge < -0.3 is 9.79 Å². The van der Waals surface area contributed by atoms with Crippen molar-refractivity contribution in [3.63, 3.8) is 0 Å². The molecule has 0 aromatic carbocycles. The molecule has 0 amide bonds. The fraction of sp³-hybridized carbons (Fsp3) is 1.00. The highest BCUT2D eigenvalue weighted by Crippen LogP contribution is 2.39. The summed E-state index contributed by atoms with van der Waals surface area (Å²) in [5, 5.41) is -0.309. The van der Waals surface area contributed by atoms with Crippen LogP contribution in [-0.4, -0.2) is 20.1 Å². The second-order valence-corrected chi connectivity index (χ2v) is 4.02. The van der Waals surface area contributed by atoms with Crippen molar-refractivity contribution < 1.29 is 18.9 Å². The van der Waals surface area contributed by atoms with Gasteiger partial charge in [0.15, 0.2) is 0 Å². The number of halogens is 2. The highest BCUT2D eigenvalue weighted by molar-refractivity contribution is 9.12. The third-order valence-corrected chi connectivity index (χ3v) is 3.16. The number of phosphoric ester groups is 1. The van der Waals surface area contributed by atoms with Gasteiger partial charge in [0.25, 0.3) is 0 Å². The maximum Gasteiger partial charge on any atom is 0.470 e. The fourth-order valence-electron chi connectivity index (χ4n) is 0.177. The molecule has 0 bridgehead atoms. The molecule has 0 radical (unpaired) electrons. The van der Waals surface area contributed by atoms with Crippen molar-refractivity contribution in [3.05, 3.63) is 0 Å². The van der Waals surface area contributed by atoms with Crippen LogP contribution in [-0.2, 0) is 9.09 Å². The quantitative estimate of drug-likeness (QED) is 0.604. The van der Waals surface area contributed by atoms with Gasteiger partial charge in [-0.25, -0.2) is 4.57 Å². The molecule has 0 aromatic rings. The molecule has 2 N–H and O–H groups in total. The van der Waals surface area contributed by atoms with Gasteiger partial charge in [0.1, 0.15) is 5.01 Å². The van der Waals surface area contributed by atoms with Crippen LogP contribution in [0.3, 0.4) is 0 Å². The van der Waals surface area contributed by atoms with E-state index in [-0.39, 0.29) is 0 Å². The monoisotopic (exact) mass is 282 g/mol. The summed E-state index contributed by atoms with van der Waals surface area (Å²) in [6, 6.07) is 0. The van der Waals surface area contributed by atoms with Gasteiger partial charge in [-0.1, -0.05) is 31.9 Å². The van der Waals surface area contributed by atoms with E-state index in [2.05, 4.69) is 36.4 Å². The van der Waals surface area contributed by atoms with Crippen LogP contribution in [0.4, 0.5) is 0 Å². The minimum Gasteiger partial charge on any atom is -0.303 e. The molecule has 0 saturated carbocycles. The predicted molar refractivity (Wildman–Crippen MR) is 39.6 cm³/mol. The Hall–Kier alpha value is 1.07. The SMILES string of the molecule is O=P(O)(O)OC(Br)CBr. The Kier molecular flexibility index (Phi) is 4.54. The van der Waals surface area contributed by atoms with E-state index in [1.54, 1.807) is 0 Å². The second kappa shape index (κ2) is 4.05. The van der Waals surface area contributed by atoms with Crippen LogP contribution in [0.15, 0.2) is 0 Å². The lowest BCUT2D eigenvalue weighted by Crippen LogP contribution is -2.02. The molecule has 1 unspecified atom stereocenters. The van der Waals surface area contributed by atoms with Crippen LogP contribution < -0.4 is 0 Å². The summed E-state index contributed by atoms with van der Waals surface area (Å²) in [4.78, 5) is 16.3. The maximum atomic E-state index is 10.0. The molecule has 7 heteroatoms. The minimum atomic E-state index is -4.32. The van der Waals surface area contributed by atoms with Gasteiger partial charge in [0.05, 0.1) is 0 Å². The summed E-state index contributed by atoms with van der Waals surface area (Å²) < 4.78 is 14.1. The van der Waals surface area contributed by atoms with Crippen LogP contribution in [0.25, 0.3) is 0 Å². The van der Waals surface area contributed by atoms with Crippen molar-refractivity contribution in [2.24, 2.45) is 0 Å². The molecular weight excluding hydrogens is 279 g/mol. The van der Waals surface area contributed by atoms with E-state index >= 15 is 0 Å². The van der Waals surface area contributed by atoms with Crippen LogP contribution in [0.2, 0.25) is 0 Å². The summed E-state index contributed by atoms with van der Waals surface area (Å²) in [7, 11) is -4.32. The highest BCUT2D eigenvalue weighted by Gasteiger charge is 2.18. The van der Waals surface area contributed by atoms with Crippen molar-refractivity contribution in [1.82, 2.24) is 0 Å². The summed E-state index contributed by atoms with van der Waals surface area (Å²) in [6.07, 6.45) is 0. The molecule has 1 atom stereocenters. The van der Waals surface area contributed by atoms with Crippen LogP contribution >= 0.6 is 39.7 Å². The Balaban J connectivity index is 3.60. The molecule has 0 spiro atoms. The van der Waals surface area contributed by atoms with Crippen molar-refractivity contribution in [2.75, 3.05) is 5.33 Å². The van der Waals surface area contributed by atoms with Crippen LogP contribution in [0, 0.1) is 0 Å². The summed E-state index contributed by atoms with van der Waals surface area (Å²) in [5.74, 6) is 0. The van der Waals surface area contributed by atoms with Crippen LogP contribution in [0.1, 0.15) is 0 Å². The van der Waals surface area contributed by atoms with Crippen LogP contribution in [0.5, 0.6) is 0 Å². The van der Waals surface area contributed by atoms with E-state index in [9.17, 15) is 4.57 Å². The van der Waals surface area contributed by atoms with Gasteiger partial charge in [0, 0.05) is 5.33 Å². The average molecular weight is 284 g/mol. The van der Waals surface area contributed by atoms with Crippen molar-refractivity contribution in [3.8, 4) is 0 Å². The van der Waals surface area contributed by atoms with E-state index in [1.807, 2.05) is 0 Å². The number of alkyl halides is 2. The molecule has 0 heterocycles. The molecule has 9 heavy (non-hydrogen) atoms. The Morgan fingerprint density at radius 3 is 2.22 bits per heavy atom. The summed E-state index contributed by atoms with van der Waals surface area (Å²) >= 11 is 5.80. The first-order valence-corrected chi connectivity index (χ1v) is 5.46. The number of phosphoric acid groups is 1. The van der Waals surface area contributed by atoms with E-state index in [1.165, 1.54) is 0 Å². The molecule has 0 aromatic heterocycles. The average Bonchev–Trinajstić information content (AvgIpc) is 1.62. The molecule has 56 valence electrons. The van der Waals surface area contributed by atoms with Gasteiger partial charge in [-0.3, -0.25) is 4.52 Å². The lowest BCUT2D eigenvalue weighted by molar-refractivity contribution is 0.196. The molecule has 0 aliphatic carbocycles. The molecule has 0 rings (SSSR count). The number of hydrogen-bond donors (Lipinski definition) is 2. The van der Waals surface area contributed by atoms with Crippen molar-refractivity contribution >= 4 is 39.7 Å². The first-order valence-electron chi connectivity index (χ1n) is 1.89. The lowest BCUT2D eigenvalue weighted by Gasteiger charge is -2.07. The molecule has 0 saturated heterocycles. The van der Waals surface area contributed by atoms with Crippen molar-refractivity contribution in [1.29, 1.82) is 0 Å². The van der Waals surface area contributed by atoms with Gasteiger partial charge in [-0.2, -0.15) is 0 Å². The summed E-state index contributed by atoms with van der Waals surface area (Å²) in [5.41, 5.74) is 0. The maximum absolute atomic E-state index is 10.0. The largest absolute Gasteiger partial charge is 0.470 e. The zero-order valence-electron chi connectivity index (χ0n) is 4.20. The highest BCUT2D eigenvalue weighted by atomic mass is 79.9. The molecule has 0 fully saturated rings. The Morgan fingerprint density at radius 1 is 1.67 bits per heavy atom. The fourth-order valence-corrected chi connectivity index (χ4v) is 1.54. The third kappa shape index (κ3) is 6.96. The Morgan fingerprint density at radius 2 is 2.11 bits per heavy atom. The van der Waals surface area contributed by atoms with E-state index in [0.717, 1.165) is 0 Å². The van der Waals surface area contributed by atoms with Gasteiger partial charge in [-0.05, 0) is 0 Å². The first kappa shape index (κ1) is 10.1. The molecule has 0 aliphatic rings. The third-order valence-electron chi connectivity index (χ3n) is 0.373. The Labute approximate surface area is 69.1 Å². The lowest BCUT2D eigenvalue weighted by atomic mass is 10.9. The molecular formula is C2H5Br2O4P. The summed E-state index contributed by atoms with van der Waals surface area (Å²) in [6.45, 7) is 0. The van der Waals surface area contributed by atoms with Gasteiger partial charge >= 0.3 is 7.82 Å². The number of rotatable bonds is 3. The van der Waals surface area contributed by atoms with Gasteiger partial charge in [0.2, 0.25) is 0 Å². The predicted octanol–water partition coefficient (Wildman–Crippen LogP) is 1.21. The standard InChI is InChI=1S/C2H5Br2O4P/c3-1-2(4)8-9(5,6)7/h2H,1H2,(H2,5,6,7). The molecule has 0 aliphatic heterocycles. The van der Waals surface area contributed by atoms with E-state index in [0.29, 0.717) is 5.33 Å².